The molecular formula is C6H10BrFO. The van der Waals surface area contributed by atoms with Gasteiger partial charge in [-0.1, -0.05) is 15.9 Å². The third-order valence-electron chi connectivity index (χ3n) is 1.55. The lowest BCUT2D eigenvalue weighted by Gasteiger charge is -2.30. The van der Waals surface area contributed by atoms with E-state index < -0.39 is 10.7 Å². The van der Waals surface area contributed by atoms with E-state index in [1.165, 1.54) is 0 Å². The van der Waals surface area contributed by atoms with E-state index in [4.69, 9.17) is 4.74 Å². The average Bonchev–Trinajstić information content (AvgIpc) is 1.77. The fourth-order valence-corrected chi connectivity index (χ4v) is 1.30. The first-order valence-electron chi connectivity index (χ1n) is 3.07. The van der Waals surface area contributed by atoms with Gasteiger partial charge in [-0.15, -0.1) is 0 Å². The molecule has 0 aromatic carbocycles. The number of hydrogen-bond acceptors (Lipinski definition) is 1. The van der Waals surface area contributed by atoms with Crippen LogP contribution in [0.15, 0.2) is 0 Å². The largest absolute Gasteiger partial charge is 0.347 e. The molecular weight excluding hydrogens is 187 g/mol. The number of rotatable bonds is 0. The molecule has 2 unspecified atom stereocenters. The smallest absolute Gasteiger partial charge is 0.214 e. The molecule has 0 spiro atoms. The van der Waals surface area contributed by atoms with Crippen molar-refractivity contribution in [3.8, 4) is 0 Å². The van der Waals surface area contributed by atoms with Crippen molar-refractivity contribution in [2.45, 2.75) is 30.4 Å². The topological polar surface area (TPSA) is 9.23 Å². The summed E-state index contributed by atoms with van der Waals surface area (Å²) in [6.45, 7) is 2.37. The number of ether oxygens (including phenoxy) is 1. The molecule has 2 atom stereocenters. The van der Waals surface area contributed by atoms with Crippen molar-refractivity contribution in [2.24, 2.45) is 0 Å². The standard InChI is InChI=1S/C6H10BrFO/c1-6(7)3-2-4-9-5(6)8/h5H,2-4H2,1H3. The van der Waals surface area contributed by atoms with Gasteiger partial charge in [0.1, 0.15) is 0 Å². The lowest BCUT2D eigenvalue weighted by Crippen LogP contribution is -2.36. The Balaban J connectivity index is 2.49. The molecule has 54 valence electrons. The van der Waals surface area contributed by atoms with Gasteiger partial charge < -0.3 is 4.74 Å². The van der Waals surface area contributed by atoms with Crippen molar-refractivity contribution in [3.63, 3.8) is 0 Å². The zero-order chi connectivity index (χ0) is 6.91. The molecule has 0 aromatic rings. The molecule has 0 bridgehead atoms. The Bertz CT molecular complexity index is 105. The molecule has 1 nitrogen and oxygen atoms in total. The summed E-state index contributed by atoms with van der Waals surface area (Å²) < 4.78 is 17.0. The lowest BCUT2D eigenvalue weighted by atomic mass is 10.0. The zero-order valence-electron chi connectivity index (χ0n) is 5.36. The van der Waals surface area contributed by atoms with Gasteiger partial charge in [-0.25, -0.2) is 4.39 Å². The van der Waals surface area contributed by atoms with Gasteiger partial charge in [0.15, 0.2) is 0 Å². The van der Waals surface area contributed by atoms with E-state index in [1.54, 1.807) is 0 Å². The van der Waals surface area contributed by atoms with E-state index in [0.717, 1.165) is 12.8 Å². The summed E-state index contributed by atoms with van der Waals surface area (Å²) >= 11 is 3.26. The molecule has 3 heteroatoms. The van der Waals surface area contributed by atoms with Crippen molar-refractivity contribution in [2.75, 3.05) is 6.61 Å². The molecule has 1 aliphatic heterocycles. The SMILES string of the molecule is CC1(Br)CCCOC1F. The van der Waals surface area contributed by atoms with Crippen molar-refractivity contribution in [3.05, 3.63) is 0 Å². The Kier molecular flexibility index (Phi) is 2.11. The highest BCUT2D eigenvalue weighted by molar-refractivity contribution is 9.10. The summed E-state index contributed by atoms with van der Waals surface area (Å²) in [4.78, 5) is 0. The summed E-state index contributed by atoms with van der Waals surface area (Å²) in [5.74, 6) is 0. The van der Waals surface area contributed by atoms with Crippen LogP contribution in [0.5, 0.6) is 0 Å². The van der Waals surface area contributed by atoms with Crippen LogP contribution in [0, 0.1) is 0 Å². The fourth-order valence-electron chi connectivity index (χ4n) is 0.892. The molecule has 0 saturated carbocycles. The van der Waals surface area contributed by atoms with Crippen LogP contribution in [0.3, 0.4) is 0 Å². The molecule has 0 aliphatic carbocycles. The third kappa shape index (κ3) is 1.64. The van der Waals surface area contributed by atoms with Crippen molar-refractivity contribution in [1.29, 1.82) is 0 Å². The van der Waals surface area contributed by atoms with Crippen LogP contribution in [0.1, 0.15) is 19.8 Å². The van der Waals surface area contributed by atoms with Crippen LogP contribution < -0.4 is 0 Å². The average molecular weight is 197 g/mol. The van der Waals surface area contributed by atoms with Gasteiger partial charge in [0, 0.05) is 0 Å². The molecule has 0 radical (unpaired) electrons. The number of hydrogen-bond donors (Lipinski definition) is 0. The normalized spacial score (nSPS) is 45.0. The van der Waals surface area contributed by atoms with Gasteiger partial charge in [0.05, 0.1) is 10.9 Å². The molecule has 9 heavy (non-hydrogen) atoms. The van der Waals surface area contributed by atoms with Crippen LogP contribution in [0.2, 0.25) is 0 Å². The zero-order valence-corrected chi connectivity index (χ0v) is 6.95. The van der Waals surface area contributed by atoms with Gasteiger partial charge in [0.2, 0.25) is 6.36 Å². The van der Waals surface area contributed by atoms with Crippen molar-refractivity contribution in [1.82, 2.24) is 0 Å². The summed E-state index contributed by atoms with van der Waals surface area (Å²) in [5, 5.41) is 0. The van der Waals surface area contributed by atoms with Crippen LogP contribution in [0.25, 0.3) is 0 Å². The Morgan fingerprint density at radius 1 is 1.78 bits per heavy atom. The van der Waals surface area contributed by atoms with Crippen LogP contribution >= 0.6 is 15.9 Å². The van der Waals surface area contributed by atoms with E-state index in [-0.39, 0.29) is 0 Å². The van der Waals surface area contributed by atoms with E-state index >= 15 is 0 Å². The molecule has 1 rings (SSSR count). The summed E-state index contributed by atoms with van der Waals surface area (Å²) in [6.07, 6.45) is 0.669. The second kappa shape index (κ2) is 2.54. The first kappa shape index (κ1) is 7.48. The molecule has 0 amide bonds. The first-order chi connectivity index (χ1) is 4.13. The van der Waals surface area contributed by atoms with Crippen molar-refractivity contribution < 1.29 is 9.13 Å². The summed E-state index contributed by atoms with van der Waals surface area (Å²) in [5.41, 5.74) is 0. The maximum atomic E-state index is 12.7. The predicted octanol–water partition coefficient (Wildman–Crippen LogP) is 2.25. The monoisotopic (exact) mass is 196 g/mol. The minimum atomic E-state index is -1.13. The minimum absolute atomic E-state index is 0.439. The molecule has 1 heterocycles. The minimum Gasteiger partial charge on any atom is -0.347 e. The molecule has 0 aromatic heterocycles. The van der Waals surface area contributed by atoms with Gasteiger partial charge in [-0.05, 0) is 19.8 Å². The van der Waals surface area contributed by atoms with Gasteiger partial charge >= 0.3 is 0 Å². The highest BCUT2D eigenvalue weighted by Crippen LogP contribution is 2.33. The van der Waals surface area contributed by atoms with Crippen molar-refractivity contribution >= 4 is 15.9 Å². The van der Waals surface area contributed by atoms with E-state index in [0.29, 0.717) is 6.61 Å². The number of halogens is 2. The maximum Gasteiger partial charge on any atom is 0.214 e. The summed E-state index contributed by atoms with van der Waals surface area (Å²) in [7, 11) is 0. The third-order valence-corrected chi connectivity index (χ3v) is 2.30. The lowest BCUT2D eigenvalue weighted by molar-refractivity contribution is -0.0857. The quantitative estimate of drug-likeness (QED) is 0.541. The van der Waals surface area contributed by atoms with Gasteiger partial charge in [0.25, 0.3) is 0 Å². The van der Waals surface area contributed by atoms with Crippen LogP contribution in [-0.4, -0.2) is 17.3 Å². The van der Waals surface area contributed by atoms with Gasteiger partial charge in [-0.3, -0.25) is 0 Å². The molecule has 0 N–H and O–H groups in total. The molecule has 1 aliphatic rings. The second-order valence-corrected chi connectivity index (χ2v) is 4.38. The highest BCUT2D eigenvalue weighted by atomic mass is 79.9. The van der Waals surface area contributed by atoms with Crippen LogP contribution in [-0.2, 0) is 4.74 Å². The van der Waals surface area contributed by atoms with E-state index in [1.807, 2.05) is 6.92 Å². The number of alkyl halides is 2. The van der Waals surface area contributed by atoms with Gasteiger partial charge in [-0.2, -0.15) is 0 Å². The Morgan fingerprint density at radius 2 is 2.44 bits per heavy atom. The summed E-state index contributed by atoms with van der Waals surface area (Å²) in [6, 6.07) is 0. The Hall–Kier alpha value is 0.370. The molecule has 1 saturated heterocycles. The van der Waals surface area contributed by atoms with Crippen LogP contribution in [0.4, 0.5) is 4.39 Å². The Morgan fingerprint density at radius 3 is 2.78 bits per heavy atom. The molecule has 1 fully saturated rings. The first-order valence-corrected chi connectivity index (χ1v) is 3.87. The second-order valence-electron chi connectivity index (χ2n) is 2.57. The fraction of sp³-hybridized carbons (Fsp3) is 1.00. The predicted molar refractivity (Wildman–Crippen MR) is 37.4 cm³/mol. The van der Waals surface area contributed by atoms with E-state index in [2.05, 4.69) is 15.9 Å². The Labute approximate surface area is 62.7 Å². The highest BCUT2D eigenvalue weighted by Gasteiger charge is 2.35. The maximum absolute atomic E-state index is 12.7. The van der Waals surface area contributed by atoms with E-state index in [9.17, 15) is 4.39 Å².